The van der Waals surface area contributed by atoms with Crippen LogP contribution in [0.2, 0.25) is 10.0 Å². The number of aromatic nitrogens is 2. The van der Waals surface area contributed by atoms with Gasteiger partial charge < -0.3 is 4.74 Å². The van der Waals surface area contributed by atoms with E-state index >= 15 is 0 Å². The molecule has 1 heterocycles. The molecule has 2 rings (SSSR count). The molecule has 24 heavy (non-hydrogen) atoms. The van der Waals surface area contributed by atoms with Crippen molar-refractivity contribution in [2.45, 2.75) is 12.8 Å². The van der Waals surface area contributed by atoms with Crippen molar-refractivity contribution in [3.05, 3.63) is 38.0 Å². The lowest BCUT2D eigenvalue weighted by atomic mass is 10.2. The van der Waals surface area contributed by atoms with Crippen LogP contribution in [0.25, 0.3) is 5.69 Å². The van der Waals surface area contributed by atoms with Crippen LogP contribution in [0, 0.1) is 0 Å². The van der Waals surface area contributed by atoms with Gasteiger partial charge in [-0.2, -0.15) is 27.1 Å². The highest BCUT2D eigenvalue weighted by Gasteiger charge is 2.33. The molecule has 0 saturated heterocycles. The van der Waals surface area contributed by atoms with E-state index in [2.05, 4.69) is 25.8 Å². The van der Waals surface area contributed by atoms with Crippen molar-refractivity contribution in [3.63, 3.8) is 0 Å². The summed E-state index contributed by atoms with van der Waals surface area (Å²) in [6.45, 7) is -3.25. The van der Waals surface area contributed by atoms with E-state index in [-0.39, 0.29) is 16.6 Å². The second-order valence-electron chi connectivity index (χ2n) is 4.20. The first-order chi connectivity index (χ1) is 11.1. The van der Waals surface area contributed by atoms with Crippen LogP contribution in [0.1, 0.15) is 16.1 Å². The van der Waals surface area contributed by atoms with Crippen LogP contribution in [0.4, 0.5) is 22.0 Å². The molecule has 0 fully saturated rings. The molecule has 4 nitrogen and oxygen atoms in total. The Balaban J connectivity index is 2.65. The van der Waals surface area contributed by atoms with Gasteiger partial charge in [-0.3, -0.25) is 4.79 Å². The molecule has 0 aliphatic heterocycles. The number of aldehydes is 1. The van der Waals surface area contributed by atoms with Gasteiger partial charge in [-0.05, 0) is 28.1 Å². The maximum atomic E-state index is 12.7. The first-order valence-corrected chi connectivity index (χ1v) is 7.36. The minimum absolute atomic E-state index is 0.130. The average molecular weight is 454 g/mol. The molecule has 1 aromatic carbocycles. The number of halogens is 8. The number of hydrogen-bond donors (Lipinski definition) is 0. The monoisotopic (exact) mass is 452 g/mol. The van der Waals surface area contributed by atoms with Crippen molar-refractivity contribution in [1.29, 1.82) is 0 Å². The molecular formula is C12H4BrCl2F5N2O2. The summed E-state index contributed by atoms with van der Waals surface area (Å²) in [5.74, 6) is -0.605. The lowest BCUT2D eigenvalue weighted by Gasteiger charge is -2.13. The Morgan fingerprint density at radius 1 is 1.25 bits per heavy atom. The van der Waals surface area contributed by atoms with Gasteiger partial charge in [-0.25, -0.2) is 4.68 Å². The van der Waals surface area contributed by atoms with E-state index in [1.807, 2.05) is 0 Å². The molecule has 0 bridgehead atoms. The summed E-state index contributed by atoms with van der Waals surface area (Å²) >= 11 is 14.5. The Bertz CT molecular complexity index is 771. The second-order valence-corrected chi connectivity index (χ2v) is 5.77. The minimum Gasteiger partial charge on any atom is -0.429 e. The topological polar surface area (TPSA) is 44.1 Å². The van der Waals surface area contributed by atoms with E-state index in [0.717, 1.165) is 4.68 Å². The first-order valence-electron chi connectivity index (χ1n) is 5.81. The van der Waals surface area contributed by atoms with Crippen LogP contribution in [-0.4, -0.2) is 22.7 Å². The molecule has 0 aliphatic carbocycles. The molecule has 1 aromatic heterocycles. The number of rotatable bonds is 4. The van der Waals surface area contributed by atoms with Crippen molar-refractivity contribution in [3.8, 4) is 11.4 Å². The Labute approximate surface area is 149 Å². The van der Waals surface area contributed by atoms with E-state index in [4.69, 9.17) is 23.2 Å². The van der Waals surface area contributed by atoms with Crippen LogP contribution in [0.5, 0.6) is 5.75 Å². The molecule has 0 N–H and O–H groups in total. The highest BCUT2D eigenvalue weighted by molar-refractivity contribution is 9.10. The Morgan fingerprint density at radius 3 is 2.21 bits per heavy atom. The minimum atomic E-state index is -4.69. The molecular weight excluding hydrogens is 450 g/mol. The zero-order valence-corrected chi connectivity index (χ0v) is 14.1. The fourth-order valence-electron chi connectivity index (χ4n) is 1.75. The van der Waals surface area contributed by atoms with Gasteiger partial charge >= 0.3 is 12.8 Å². The predicted molar refractivity (Wildman–Crippen MR) is 78.3 cm³/mol. The van der Waals surface area contributed by atoms with Crippen LogP contribution in [-0.2, 0) is 6.18 Å². The van der Waals surface area contributed by atoms with Crippen molar-refractivity contribution in [2.24, 2.45) is 0 Å². The number of carbonyl (C=O) groups is 1. The van der Waals surface area contributed by atoms with Gasteiger partial charge in [0.05, 0.1) is 15.6 Å². The number of carbonyl (C=O) groups excluding carboxylic acids is 1. The third kappa shape index (κ3) is 3.65. The Kier molecular flexibility index (Phi) is 5.41. The van der Waals surface area contributed by atoms with Gasteiger partial charge in [0.25, 0.3) is 0 Å². The fourth-order valence-corrected chi connectivity index (χ4v) is 2.95. The molecule has 0 atom stereocenters. The summed E-state index contributed by atoms with van der Waals surface area (Å²) in [5, 5.41) is 2.74. The largest absolute Gasteiger partial charge is 0.429 e. The summed E-state index contributed by atoms with van der Waals surface area (Å²) in [5.41, 5.74) is -1.87. The van der Waals surface area contributed by atoms with Crippen LogP contribution < -0.4 is 4.74 Å². The van der Waals surface area contributed by atoms with Crippen molar-refractivity contribution < 1.29 is 31.5 Å². The molecule has 0 spiro atoms. The highest BCUT2D eigenvalue weighted by atomic mass is 79.9. The maximum Gasteiger partial charge on any atom is 0.416 e. The van der Waals surface area contributed by atoms with Crippen molar-refractivity contribution >= 4 is 45.4 Å². The summed E-state index contributed by atoms with van der Waals surface area (Å²) in [6, 6.07) is 1.18. The molecule has 0 saturated carbocycles. The van der Waals surface area contributed by atoms with Gasteiger partial charge in [0.1, 0.15) is 5.69 Å². The van der Waals surface area contributed by atoms with Gasteiger partial charge in [-0.15, -0.1) is 0 Å². The summed E-state index contributed by atoms with van der Waals surface area (Å²) in [7, 11) is 0. The van der Waals surface area contributed by atoms with E-state index in [0.29, 0.717) is 12.1 Å². The smallest absolute Gasteiger partial charge is 0.416 e. The lowest BCUT2D eigenvalue weighted by molar-refractivity contribution is -0.137. The summed E-state index contributed by atoms with van der Waals surface area (Å²) in [6.07, 6.45) is -4.56. The van der Waals surface area contributed by atoms with E-state index in [1.54, 1.807) is 0 Å². The van der Waals surface area contributed by atoms with E-state index in [9.17, 15) is 26.7 Å². The third-order valence-electron chi connectivity index (χ3n) is 2.69. The van der Waals surface area contributed by atoms with Gasteiger partial charge in [0.2, 0.25) is 0 Å². The first kappa shape index (κ1) is 18.9. The molecule has 130 valence electrons. The van der Waals surface area contributed by atoms with Gasteiger partial charge in [-0.1, -0.05) is 23.2 Å². The standard InChI is InChI=1S/C12H4BrCl2F5N2O2/c13-10-9(24-11(16)17)7(3-23)21-22(10)8-5(14)1-4(2-6(8)15)12(18,19)20/h1-3,11H. The molecule has 2 aromatic rings. The maximum absolute atomic E-state index is 12.7. The van der Waals surface area contributed by atoms with Crippen LogP contribution in [0.3, 0.4) is 0 Å². The Morgan fingerprint density at radius 2 is 1.79 bits per heavy atom. The molecule has 0 radical (unpaired) electrons. The number of nitrogens with zero attached hydrogens (tertiary/aromatic N) is 2. The summed E-state index contributed by atoms with van der Waals surface area (Å²) < 4.78 is 67.7. The van der Waals surface area contributed by atoms with Crippen LogP contribution in [0.15, 0.2) is 16.7 Å². The Hall–Kier alpha value is -1.39. The number of hydrogen-bond acceptors (Lipinski definition) is 3. The SMILES string of the molecule is O=Cc1nn(-c2c(Cl)cc(C(F)(F)F)cc2Cl)c(Br)c1OC(F)F. The van der Waals surface area contributed by atoms with Gasteiger partial charge in [0, 0.05) is 0 Å². The number of alkyl halides is 5. The fraction of sp³-hybridized carbons (Fsp3) is 0.167. The van der Waals surface area contributed by atoms with Crippen molar-refractivity contribution in [2.75, 3.05) is 0 Å². The number of benzene rings is 1. The molecule has 12 heteroatoms. The molecule has 0 unspecified atom stereocenters. The highest BCUT2D eigenvalue weighted by Crippen LogP contribution is 2.40. The quantitative estimate of drug-likeness (QED) is 0.461. The lowest BCUT2D eigenvalue weighted by Crippen LogP contribution is -2.07. The second kappa shape index (κ2) is 6.85. The van der Waals surface area contributed by atoms with Crippen LogP contribution >= 0.6 is 39.1 Å². The average Bonchev–Trinajstić information content (AvgIpc) is 2.74. The van der Waals surface area contributed by atoms with Crippen molar-refractivity contribution in [1.82, 2.24) is 9.78 Å². The zero-order chi connectivity index (χ0) is 18.2. The molecule has 0 amide bonds. The number of ether oxygens (including phenoxy) is 1. The molecule has 0 aliphatic rings. The third-order valence-corrected chi connectivity index (χ3v) is 3.96. The predicted octanol–water partition coefficient (Wildman–Crippen LogP) is 5.37. The van der Waals surface area contributed by atoms with Gasteiger partial charge in [0.15, 0.2) is 22.3 Å². The van der Waals surface area contributed by atoms with E-state index < -0.39 is 39.8 Å². The zero-order valence-electron chi connectivity index (χ0n) is 11.0. The summed E-state index contributed by atoms with van der Waals surface area (Å²) in [4.78, 5) is 10.9. The van der Waals surface area contributed by atoms with E-state index in [1.165, 1.54) is 0 Å². The normalized spacial score (nSPS) is 11.9.